The van der Waals surface area contributed by atoms with Crippen molar-refractivity contribution in [2.75, 3.05) is 11.9 Å². The van der Waals surface area contributed by atoms with Gasteiger partial charge in [-0.3, -0.25) is 9.97 Å². The van der Waals surface area contributed by atoms with Gasteiger partial charge in [0.2, 0.25) is 0 Å². The molecule has 2 aromatic rings. The van der Waals surface area contributed by atoms with Crippen molar-refractivity contribution < 1.29 is 0 Å². The average Bonchev–Trinajstić information content (AvgIpc) is 2.35. The summed E-state index contributed by atoms with van der Waals surface area (Å²) in [5.74, 6) is 0. The highest BCUT2D eigenvalue weighted by molar-refractivity contribution is 5.93. The number of rotatable bonds is 3. The number of nitrogens with one attached hydrogen (secondary N) is 1. The number of pyridine rings is 2. The first-order valence-corrected chi connectivity index (χ1v) is 4.84. The monoisotopic (exact) mass is 210 g/mol. The van der Waals surface area contributed by atoms with Crippen molar-refractivity contribution in [3.8, 4) is 6.07 Å². The predicted molar refractivity (Wildman–Crippen MR) is 62.9 cm³/mol. The number of anilines is 1. The van der Waals surface area contributed by atoms with Crippen molar-refractivity contribution in [2.45, 2.75) is 0 Å². The summed E-state index contributed by atoms with van der Waals surface area (Å²) in [6, 6.07) is 3.96. The summed E-state index contributed by atoms with van der Waals surface area (Å²) >= 11 is 0. The number of fused-ring (bicyclic) bond motifs is 1. The van der Waals surface area contributed by atoms with E-state index in [9.17, 15) is 0 Å². The smallest absolute Gasteiger partial charge is 0.103 e. The fourth-order valence-electron chi connectivity index (χ4n) is 1.49. The van der Waals surface area contributed by atoms with Crippen LogP contribution in [0.3, 0.4) is 0 Å². The minimum absolute atomic E-state index is 0.528. The van der Waals surface area contributed by atoms with Gasteiger partial charge >= 0.3 is 0 Å². The lowest BCUT2D eigenvalue weighted by molar-refractivity contribution is 1.27. The van der Waals surface area contributed by atoms with Crippen LogP contribution in [0.5, 0.6) is 0 Å². The van der Waals surface area contributed by atoms with Crippen LogP contribution in [0.25, 0.3) is 10.9 Å². The summed E-state index contributed by atoms with van der Waals surface area (Å²) in [6.07, 6.45) is 6.66. The Morgan fingerprint density at radius 2 is 2.38 bits per heavy atom. The lowest BCUT2D eigenvalue weighted by atomic mass is 10.1. The lowest BCUT2D eigenvalue weighted by Crippen LogP contribution is -2.02. The van der Waals surface area contributed by atoms with E-state index in [4.69, 9.17) is 5.26 Å². The van der Waals surface area contributed by atoms with Crippen LogP contribution < -0.4 is 5.32 Å². The Hall–Kier alpha value is -2.41. The van der Waals surface area contributed by atoms with Crippen LogP contribution in [0.1, 0.15) is 5.56 Å². The predicted octanol–water partition coefficient (Wildman–Crippen LogP) is 2.10. The van der Waals surface area contributed by atoms with Crippen LogP contribution in [0.15, 0.2) is 37.3 Å². The van der Waals surface area contributed by atoms with Crippen LogP contribution in [0.4, 0.5) is 5.69 Å². The first-order chi connectivity index (χ1) is 7.86. The summed E-state index contributed by atoms with van der Waals surface area (Å²) < 4.78 is 0. The zero-order valence-electron chi connectivity index (χ0n) is 8.64. The van der Waals surface area contributed by atoms with E-state index in [0.29, 0.717) is 12.1 Å². The second kappa shape index (κ2) is 4.41. The van der Waals surface area contributed by atoms with Crippen molar-refractivity contribution in [2.24, 2.45) is 0 Å². The molecule has 0 spiro atoms. The van der Waals surface area contributed by atoms with Gasteiger partial charge in [-0.15, -0.1) is 6.58 Å². The number of nitriles is 1. The molecular weight excluding hydrogens is 200 g/mol. The van der Waals surface area contributed by atoms with E-state index in [1.807, 2.05) is 6.07 Å². The standard InChI is InChI=1S/C12H10N4/c1-2-4-15-12-9(6-13)7-16-11-8-14-5-3-10(11)12/h2-3,5,7-8H,1,4H2,(H,15,16). The van der Waals surface area contributed by atoms with Crippen molar-refractivity contribution >= 4 is 16.6 Å². The molecule has 2 aromatic heterocycles. The molecule has 0 aliphatic heterocycles. The third kappa shape index (κ3) is 1.71. The van der Waals surface area contributed by atoms with E-state index in [0.717, 1.165) is 16.6 Å². The summed E-state index contributed by atoms with van der Waals surface area (Å²) in [6.45, 7) is 4.25. The van der Waals surface area contributed by atoms with Gasteiger partial charge < -0.3 is 5.32 Å². The molecule has 0 saturated carbocycles. The van der Waals surface area contributed by atoms with Crippen LogP contribution in [-0.4, -0.2) is 16.5 Å². The molecule has 0 atom stereocenters. The normalized spacial score (nSPS) is 9.69. The number of aromatic nitrogens is 2. The van der Waals surface area contributed by atoms with Crippen molar-refractivity contribution in [3.63, 3.8) is 0 Å². The molecule has 2 heterocycles. The molecular formula is C12H10N4. The molecule has 0 bridgehead atoms. The molecule has 0 aromatic carbocycles. The SMILES string of the molecule is C=CCNc1c(C#N)cnc2cnccc12. The van der Waals surface area contributed by atoms with Crippen molar-refractivity contribution in [1.29, 1.82) is 5.26 Å². The third-order valence-electron chi connectivity index (χ3n) is 2.22. The summed E-state index contributed by atoms with van der Waals surface area (Å²) in [5.41, 5.74) is 2.09. The molecule has 0 fully saturated rings. The highest BCUT2D eigenvalue weighted by Crippen LogP contribution is 2.24. The molecule has 78 valence electrons. The maximum Gasteiger partial charge on any atom is 0.103 e. The van der Waals surface area contributed by atoms with E-state index >= 15 is 0 Å². The van der Waals surface area contributed by atoms with Crippen LogP contribution in [-0.2, 0) is 0 Å². The van der Waals surface area contributed by atoms with E-state index in [2.05, 4.69) is 27.9 Å². The van der Waals surface area contributed by atoms with Crippen LogP contribution in [0, 0.1) is 11.3 Å². The molecule has 0 unspecified atom stereocenters. The number of nitrogens with zero attached hydrogens (tertiary/aromatic N) is 3. The van der Waals surface area contributed by atoms with E-state index in [1.165, 1.54) is 0 Å². The van der Waals surface area contributed by atoms with Gasteiger partial charge in [0.1, 0.15) is 6.07 Å². The molecule has 4 heteroatoms. The summed E-state index contributed by atoms with van der Waals surface area (Å²) in [4.78, 5) is 8.17. The van der Waals surface area contributed by atoms with Gasteiger partial charge in [0, 0.05) is 24.3 Å². The maximum atomic E-state index is 9.01. The third-order valence-corrected chi connectivity index (χ3v) is 2.22. The molecule has 0 aliphatic rings. The Balaban J connectivity index is 2.64. The topological polar surface area (TPSA) is 61.6 Å². The molecule has 2 rings (SSSR count). The molecule has 0 saturated heterocycles. The minimum atomic E-state index is 0.528. The van der Waals surface area contributed by atoms with Crippen molar-refractivity contribution in [3.05, 3.63) is 42.9 Å². The number of hydrogen-bond donors (Lipinski definition) is 1. The Morgan fingerprint density at radius 3 is 3.12 bits per heavy atom. The van der Waals surface area contributed by atoms with Crippen molar-refractivity contribution in [1.82, 2.24) is 9.97 Å². The van der Waals surface area contributed by atoms with Crippen LogP contribution >= 0.6 is 0 Å². The first kappa shape index (κ1) is 10.1. The lowest BCUT2D eigenvalue weighted by Gasteiger charge is -2.08. The van der Waals surface area contributed by atoms with Gasteiger partial charge in [-0.1, -0.05) is 6.08 Å². The van der Waals surface area contributed by atoms with Gasteiger partial charge in [-0.2, -0.15) is 5.26 Å². The zero-order chi connectivity index (χ0) is 11.4. The van der Waals surface area contributed by atoms with E-state index in [1.54, 1.807) is 24.7 Å². The molecule has 1 N–H and O–H groups in total. The van der Waals surface area contributed by atoms with E-state index in [-0.39, 0.29) is 0 Å². The van der Waals surface area contributed by atoms with Gasteiger partial charge in [0.15, 0.2) is 0 Å². The Labute approximate surface area is 93.3 Å². The van der Waals surface area contributed by atoms with Crippen LogP contribution in [0.2, 0.25) is 0 Å². The zero-order valence-corrected chi connectivity index (χ0v) is 8.64. The molecule has 0 radical (unpaired) electrons. The highest BCUT2D eigenvalue weighted by Gasteiger charge is 2.07. The quantitative estimate of drug-likeness (QED) is 0.788. The molecule has 4 nitrogen and oxygen atoms in total. The fraction of sp³-hybridized carbons (Fsp3) is 0.0833. The highest BCUT2D eigenvalue weighted by atomic mass is 14.9. The first-order valence-electron chi connectivity index (χ1n) is 4.84. The van der Waals surface area contributed by atoms with Gasteiger partial charge in [-0.25, -0.2) is 0 Å². The molecule has 0 amide bonds. The van der Waals surface area contributed by atoms with E-state index < -0.39 is 0 Å². The Morgan fingerprint density at radius 1 is 1.50 bits per heavy atom. The Kier molecular flexibility index (Phi) is 2.79. The molecule has 16 heavy (non-hydrogen) atoms. The summed E-state index contributed by atoms with van der Waals surface area (Å²) in [5, 5.41) is 13.1. The van der Waals surface area contributed by atoms with Gasteiger partial charge in [-0.05, 0) is 6.07 Å². The fourth-order valence-corrected chi connectivity index (χ4v) is 1.49. The van der Waals surface area contributed by atoms with Gasteiger partial charge in [0.25, 0.3) is 0 Å². The largest absolute Gasteiger partial charge is 0.380 e. The second-order valence-electron chi connectivity index (χ2n) is 3.22. The molecule has 0 aliphatic carbocycles. The maximum absolute atomic E-state index is 9.01. The second-order valence-corrected chi connectivity index (χ2v) is 3.22. The Bertz CT molecular complexity index is 569. The van der Waals surface area contributed by atoms with Gasteiger partial charge in [0.05, 0.1) is 23.0 Å². The summed E-state index contributed by atoms with van der Waals surface area (Å²) in [7, 11) is 0. The number of hydrogen-bond acceptors (Lipinski definition) is 4. The average molecular weight is 210 g/mol. The minimum Gasteiger partial charge on any atom is -0.380 e.